The molecule has 2 saturated heterocycles. The Morgan fingerprint density at radius 2 is 1.41 bits per heavy atom. The fourth-order valence-electron chi connectivity index (χ4n) is 4.94. The van der Waals surface area contributed by atoms with Crippen molar-refractivity contribution in [3.05, 3.63) is 29.8 Å². The molecule has 2 aliphatic carbocycles. The molecule has 5 rings (SSSR count). The van der Waals surface area contributed by atoms with Gasteiger partial charge < -0.3 is 14.7 Å². The van der Waals surface area contributed by atoms with Crippen LogP contribution in [0.15, 0.2) is 24.3 Å². The zero-order valence-electron chi connectivity index (χ0n) is 15.8. The van der Waals surface area contributed by atoms with E-state index in [1.807, 2.05) is 24.3 Å². The molecule has 2 aliphatic heterocycles. The molecule has 0 radical (unpaired) electrons. The Kier molecular flexibility index (Phi) is 5.37. The molecule has 27 heavy (non-hydrogen) atoms. The normalized spacial score (nSPS) is 30.6. The molecule has 5 heteroatoms. The van der Waals surface area contributed by atoms with Gasteiger partial charge in [-0.25, -0.2) is 0 Å². The summed E-state index contributed by atoms with van der Waals surface area (Å²) in [6.45, 7) is 1.81. The topological polar surface area (TPSA) is 66.8 Å². The van der Waals surface area contributed by atoms with Crippen LogP contribution < -0.4 is 4.74 Å². The number of carbonyl (C=O) groups excluding carboxylic acids is 1. The standard InChI is InChI=1S/C22H29NO4/c24-21(23-13-15-1-2-16(14-23)4-3-15)17-5-9-19(10-6-17)27-20-11-7-18(8-12-20)22(25)26/h5-6,9-10,15-16,18,20H,1-4,7-8,11-14H2,(H,25,26). The Labute approximate surface area is 160 Å². The van der Waals surface area contributed by atoms with Crippen LogP contribution in [0.1, 0.15) is 61.7 Å². The van der Waals surface area contributed by atoms with Gasteiger partial charge in [0, 0.05) is 18.7 Å². The van der Waals surface area contributed by atoms with Crippen molar-refractivity contribution in [2.45, 2.75) is 57.5 Å². The molecular weight excluding hydrogens is 342 g/mol. The first-order chi connectivity index (χ1) is 13.1. The lowest BCUT2D eigenvalue weighted by atomic mass is 9.84. The van der Waals surface area contributed by atoms with Gasteiger partial charge in [-0.05, 0) is 87.5 Å². The predicted octanol–water partition coefficient (Wildman–Crippen LogP) is 3.97. The smallest absolute Gasteiger partial charge is 0.306 e. The van der Waals surface area contributed by atoms with Crippen LogP contribution in [0, 0.1) is 17.8 Å². The Bertz CT molecular complexity index is 656. The van der Waals surface area contributed by atoms with Crippen LogP contribution in [-0.4, -0.2) is 41.1 Å². The van der Waals surface area contributed by atoms with Crippen LogP contribution in [0.3, 0.4) is 0 Å². The number of ether oxygens (including phenoxy) is 1. The van der Waals surface area contributed by atoms with Crippen molar-refractivity contribution in [1.82, 2.24) is 4.90 Å². The third kappa shape index (κ3) is 4.28. The van der Waals surface area contributed by atoms with E-state index in [1.54, 1.807) is 0 Å². The van der Waals surface area contributed by atoms with Gasteiger partial charge in [0.15, 0.2) is 0 Å². The molecule has 1 aromatic carbocycles. The molecule has 1 N–H and O–H groups in total. The van der Waals surface area contributed by atoms with E-state index in [0.717, 1.165) is 37.2 Å². The number of amides is 1. The molecule has 2 bridgehead atoms. The van der Waals surface area contributed by atoms with Crippen molar-refractivity contribution in [2.75, 3.05) is 13.1 Å². The van der Waals surface area contributed by atoms with Crippen molar-refractivity contribution < 1.29 is 19.4 Å². The van der Waals surface area contributed by atoms with Crippen molar-refractivity contribution in [3.63, 3.8) is 0 Å². The quantitative estimate of drug-likeness (QED) is 0.870. The monoisotopic (exact) mass is 371 g/mol. The number of nitrogens with zero attached hydrogens (tertiary/aromatic N) is 1. The number of hydrogen-bond acceptors (Lipinski definition) is 3. The fraction of sp³-hybridized carbons (Fsp3) is 0.636. The highest BCUT2D eigenvalue weighted by atomic mass is 16.5. The minimum atomic E-state index is -0.696. The number of benzene rings is 1. The molecular formula is C22H29NO4. The SMILES string of the molecule is O=C(O)C1CCC(Oc2ccc(C(=O)N3CC4CCC(CC4)C3)cc2)CC1. The zero-order valence-corrected chi connectivity index (χ0v) is 15.8. The molecule has 2 saturated carbocycles. The van der Waals surface area contributed by atoms with E-state index in [1.165, 1.54) is 25.7 Å². The summed E-state index contributed by atoms with van der Waals surface area (Å²) in [6, 6.07) is 7.49. The van der Waals surface area contributed by atoms with Crippen molar-refractivity contribution in [2.24, 2.45) is 17.8 Å². The first kappa shape index (κ1) is 18.3. The maximum atomic E-state index is 12.9. The minimum absolute atomic E-state index is 0.0726. The second kappa shape index (κ2) is 7.91. The van der Waals surface area contributed by atoms with Gasteiger partial charge in [-0.15, -0.1) is 0 Å². The van der Waals surface area contributed by atoms with Crippen LogP contribution in [0.5, 0.6) is 5.75 Å². The summed E-state index contributed by atoms with van der Waals surface area (Å²) >= 11 is 0. The highest BCUT2D eigenvalue weighted by molar-refractivity contribution is 5.94. The van der Waals surface area contributed by atoms with E-state index in [-0.39, 0.29) is 17.9 Å². The number of carboxylic acid groups (broad SMARTS) is 1. The molecule has 4 fully saturated rings. The van der Waals surface area contributed by atoms with E-state index in [2.05, 4.69) is 4.90 Å². The summed E-state index contributed by atoms with van der Waals surface area (Å²) in [5.41, 5.74) is 0.734. The van der Waals surface area contributed by atoms with Gasteiger partial charge in [0.25, 0.3) is 5.91 Å². The number of hydrogen-bond donors (Lipinski definition) is 1. The molecule has 0 atom stereocenters. The second-order valence-corrected chi connectivity index (χ2v) is 8.55. The number of rotatable bonds is 4. The molecule has 4 aliphatic rings. The van der Waals surface area contributed by atoms with E-state index in [4.69, 9.17) is 9.84 Å². The first-order valence-corrected chi connectivity index (χ1v) is 10.4. The van der Waals surface area contributed by atoms with Crippen LogP contribution in [-0.2, 0) is 4.79 Å². The number of carboxylic acids is 1. The number of fused-ring (bicyclic) bond motifs is 4. The average Bonchev–Trinajstić information content (AvgIpc) is 3.02. The number of aliphatic carboxylic acids is 1. The second-order valence-electron chi connectivity index (χ2n) is 8.55. The lowest BCUT2D eigenvalue weighted by Crippen LogP contribution is -2.34. The van der Waals surface area contributed by atoms with Crippen LogP contribution in [0.25, 0.3) is 0 Å². The summed E-state index contributed by atoms with van der Waals surface area (Å²) < 4.78 is 6.01. The van der Waals surface area contributed by atoms with Gasteiger partial charge >= 0.3 is 5.97 Å². The molecule has 1 aromatic rings. The summed E-state index contributed by atoms with van der Waals surface area (Å²) in [4.78, 5) is 26.0. The maximum absolute atomic E-state index is 12.9. The predicted molar refractivity (Wildman–Crippen MR) is 102 cm³/mol. The van der Waals surface area contributed by atoms with E-state index < -0.39 is 5.97 Å². The highest BCUT2D eigenvalue weighted by Gasteiger charge is 2.32. The van der Waals surface area contributed by atoms with Gasteiger partial charge in [0.05, 0.1) is 12.0 Å². The molecule has 146 valence electrons. The van der Waals surface area contributed by atoms with Crippen LogP contribution in [0.2, 0.25) is 0 Å². The molecule has 0 unspecified atom stereocenters. The lowest BCUT2D eigenvalue weighted by molar-refractivity contribution is -0.143. The zero-order chi connectivity index (χ0) is 18.8. The third-order valence-corrected chi connectivity index (χ3v) is 6.64. The van der Waals surface area contributed by atoms with Gasteiger partial charge in [-0.1, -0.05) is 0 Å². The average molecular weight is 371 g/mol. The Hall–Kier alpha value is -2.04. The lowest BCUT2D eigenvalue weighted by Gasteiger charge is -2.27. The first-order valence-electron chi connectivity index (χ1n) is 10.4. The fourth-order valence-corrected chi connectivity index (χ4v) is 4.94. The Morgan fingerprint density at radius 3 is 1.93 bits per heavy atom. The van der Waals surface area contributed by atoms with Gasteiger partial charge in [-0.2, -0.15) is 0 Å². The summed E-state index contributed by atoms with van der Waals surface area (Å²) in [5.74, 6) is 1.34. The number of carbonyl (C=O) groups is 2. The minimum Gasteiger partial charge on any atom is -0.490 e. The van der Waals surface area contributed by atoms with Crippen LogP contribution in [0.4, 0.5) is 0 Å². The largest absolute Gasteiger partial charge is 0.490 e. The maximum Gasteiger partial charge on any atom is 0.306 e. The molecule has 5 nitrogen and oxygen atoms in total. The van der Waals surface area contributed by atoms with E-state index >= 15 is 0 Å². The van der Waals surface area contributed by atoms with E-state index in [0.29, 0.717) is 24.7 Å². The van der Waals surface area contributed by atoms with Crippen molar-refractivity contribution in [3.8, 4) is 5.75 Å². The Balaban J connectivity index is 1.33. The van der Waals surface area contributed by atoms with Gasteiger partial charge in [0.2, 0.25) is 0 Å². The van der Waals surface area contributed by atoms with Gasteiger partial charge in [-0.3, -0.25) is 9.59 Å². The van der Waals surface area contributed by atoms with E-state index in [9.17, 15) is 9.59 Å². The summed E-state index contributed by atoms with van der Waals surface area (Å²) in [6.07, 6.45) is 8.04. The molecule has 0 aromatic heterocycles. The summed E-state index contributed by atoms with van der Waals surface area (Å²) in [5, 5.41) is 9.08. The Morgan fingerprint density at radius 1 is 0.852 bits per heavy atom. The highest BCUT2D eigenvalue weighted by Crippen LogP contribution is 2.34. The van der Waals surface area contributed by atoms with Crippen molar-refractivity contribution >= 4 is 11.9 Å². The van der Waals surface area contributed by atoms with Crippen LogP contribution >= 0.6 is 0 Å². The van der Waals surface area contributed by atoms with Gasteiger partial charge in [0.1, 0.15) is 5.75 Å². The molecule has 1 amide bonds. The summed E-state index contributed by atoms with van der Waals surface area (Å²) in [7, 11) is 0. The van der Waals surface area contributed by atoms with Crippen molar-refractivity contribution in [1.29, 1.82) is 0 Å². The third-order valence-electron chi connectivity index (χ3n) is 6.64. The molecule has 0 spiro atoms. The molecule has 2 heterocycles.